The van der Waals surface area contributed by atoms with Gasteiger partial charge in [0.05, 0.1) is 23.6 Å². The van der Waals surface area contributed by atoms with Crippen molar-refractivity contribution in [2.75, 3.05) is 14.2 Å². The number of nitrogens with zero attached hydrogens (tertiary/aromatic N) is 1. The predicted molar refractivity (Wildman–Crippen MR) is 121 cm³/mol. The number of benzene rings is 2. The highest BCUT2D eigenvalue weighted by Gasteiger charge is 2.34. The van der Waals surface area contributed by atoms with Crippen molar-refractivity contribution in [1.29, 1.82) is 0 Å². The smallest absolute Gasteiger partial charge is 0.285 e. The van der Waals surface area contributed by atoms with Gasteiger partial charge in [0.1, 0.15) is 0 Å². The van der Waals surface area contributed by atoms with E-state index in [0.717, 1.165) is 16.8 Å². The highest BCUT2D eigenvalue weighted by atomic mass is 79.9. The van der Waals surface area contributed by atoms with Gasteiger partial charge in [0.2, 0.25) is 0 Å². The Labute approximate surface area is 190 Å². The first kappa shape index (κ1) is 21.6. The summed E-state index contributed by atoms with van der Waals surface area (Å²) in [5.41, 5.74) is 3.54. The van der Waals surface area contributed by atoms with Crippen LogP contribution in [-0.4, -0.2) is 35.4 Å². The molecule has 6 nitrogen and oxygen atoms in total. The Bertz CT molecular complexity index is 1040. The normalized spacial score (nSPS) is 15.0. The average molecular weight is 514 g/mol. The van der Waals surface area contributed by atoms with Gasteiger partial charge in [-0.1, -0.05) is 29.4 Å². The Morgan fingerprint density at radius 3 is 2.69 bits per heavy atom. The first-order valence-corrected chi connectivity index (χ1v) is 10.5. The number of halogens is 2. The van der Waals surface area contributed by atoms with Gasteiger partial charge in [-0.05, 0) is 70.1 Å². The molecule has 0 spiro atoms. The van der Waals surface area contributed by atoms with Crippen molar-refractivity contribution in [1.82, 2.24) is 10.4 Å². The van der Waals surface area contributed by atoms with E-state index in [-0.39, 0.29) is 4.32 Å². The second-order valence-corrected chi connectivity index (χ2v) is 8.67. The molecular weight excluding hydrogens is 500 g/mol. The summed E-state index contributed by atoms with van der Waals surface area (Å²) >= 11 is 15.7. The van der Waals surface area contributed by atoms with Crippen LogP contribution in [0.4, 0.5) is 0 Å². The Balaban J connectivity index is 1.83. The maximum absolute atomic E-state index is 12.8. The van der Waals surface area contributed by atoms with Crippen LogP contribution in [-0.2, 0) is 4.79 Å². The summed E-state index contributed by atoms with van der Waals surface area (Å²) in [5.74, 6) is 0.143. The SMILES string of the molecule is COc1cc(/C=C2\SC(=S)N(NC(=O)c3cccc(Cl)c3)C2=O)cc(Br)c1OC. The summed E-state index contributed by atoms with van der Waals surface area (Å²) < 4.78 is 11.5. The van der Waals surface area contributed by atoms with E-state index in [4.69, 9.17) is 33.3 Å². The zero-order valence-electron chi connectivity index (χ0n) is 15.2. The summed E-state index contributed by atoms with van der Waals surface area (Å²) in [4.78, 5) is 25.5. The van der Waals surface area contributed by atoms with Crippen LogP contribution < -0.4 is 14.9 Å². The fourth-order valence-electron chi connectivity index (χ4n) is 2.53. The van der Waals surface area contributed by atoms with Gasteiger partial charge in [0, 0.05) is 10.6 Å². The molecule has 1 aliphatic heterocycles. The number of ether oxygens (including phenoxy) is 2. The molecule has 1 saturated heterocycles. The molecule has 3 rings (SSSR count). The molecule has 2 amide bonds. The number of thioether (sulfide) groups is 1. The van der Waals surface area contributed by atoms with Crippen LogP contribution in [0.25, 0.3) is 6.08 Å². The van der Waals surface area contributed by atoms with Gasteiger partial charge in [0.15, 0.2) is 15.8 Å². The lowest BCUT2D eigenvalue weighted by molar-refractivity contribution is -0.123. The molecule has 1 N–H and O–H groups in total. The molecule has 0 saturated carbocycles. The van der Waals surface area contributed by atoms with Crippen molar-refractivity contribution in [3.8, 4) is 11.5 Å². The lowest BCUT2D eigenvalue weighted by Crippen LogP contribution is -2.44. The van der Waals surface area contributed by atoms with E-state index in [2.05, 4.69) is 21.4 Å². The van der Waals surface area contributed by atoms with Gasteiger partial charge < -0.3 is 9.47 Å². The number of carbonyl (C=O) groups excluding carboxylic acids is 2. The summed E-state index contributed by atoms with van der Waals surface area (Å²) in [6, 6.07) is 9.93. The van der Waals surface area contributed by atoms with Crippen LogP contribution in [0.15, 0.2) is 45.8 Å². The largest absolute Gasteiger partial charge is 0.493 e. The summed E-state index contributed by atoms with van der Waals surface area (Å²) in [6.45, 7) is 0. The van der Waals surface area contributed by atoms with E-state index < -0.39 is 11.8 Å². The Morgan fingerprint density at radius 1 is 1.28 bits per heavy atom. The molecule has 0 unspecified atom stereocenters. The van der Waals surface area contributed by atoms with E-state index in [1.165, 1.54) is 20.3 Å². The summed E-state index contributed by atoms with van der Waals surface area (Å²) in [6.07, 6.45) is 1.66. The zero-order valence-corrected chi connectivity index (χ0v) is 19.2. The van der Waals surface area contributed by atoms with Crippen molar-refractivity contribution in [2.45, 2.75) is 0 Å². The second-order valence-electron chi connectivity index (χ2n) is 5.71. The standard InChI is InChI=1S/C19H14BrClN2O4S2/c1-26-14-7-10(6-13(20)16(14)27-2)8-15-18(25)23(19(28)29-15)22-17(24)11-4-3-5-12(21)9-11/h3-9H,1-2H3,(H,22,24)/b15-8-. The van der Waals surface area contributed by atoms with Crippen molar-refractivity contribution < 1.29 is 19.1 Å². The first-order chi connectivity index (χ1) is 13.8. The third kappa shape index (κ3) is 4.75. The van der Waals surface area contributed by atoms with Gasteiger partial charge in [-0.3, -0.25) is 15.0 Å². The molecule has 0 aliphatic carbocycles. The number of hydrazine groups is 1. The number of amides is 2. The van der Waals surface area contributed by atoms with Crippen molar-refractivity contribution in [2.24, 2.45) is 0 Å². The molecule has 150 valence electrons. The molecule has 29 heavy (non-hydrogen) atoms. The van der Waals surface area contributed by atoms with Crippen molar-refractivity contribution >= 4 is 73.7 Å². The maximum Gasteiger partial charge on any atom is 0.285 e. The molecule has 2 aromatic carbocycles. The molecular formula is C19H14BrClN2O4S2. The van der Waals surface area contributed by atoms with Crippen LogP contribution in [0, 0.1) is 0 Å². The minimum atomic E-state index is -0.487. The third-order valence-corrected chi connectivity index (χ3v) is 5.97. The van der Waals surface area contributed by atoms with E-state index >= 15 is 0 Å². The van der Waals surface area contributed by atoms with Gasteiger partial charge in [-0.15, -0.1) is 0 Å². The minimum Gasteiger partial charge on any atom is -0.493 e. The number of hydrogen-bond acceptors (Lipinski definition) is 6. The topological polar surface area (TPSA) is 67.9 Å². The average Bonchev–Trinajstić information content (AvgIpc) is 2.94. The van der Waals surface area contributed by atoms with Crippen LogP contribution >= 0.6 is 51.5 Å². The lowest BCUT2D eigenvalue weighted by atomic mass is 10.2. The van der Waals surface area contributed by atoms with Crippen LogP contribution in [0.2, 0.25) is 5.02 Å². The maximum atomic E-state index is 12.8. The van der Waals surface area contributed by atoms with Crippen LogP contribution in [0.5, 0.6) is 11.5 Å². The molecule has 1 aliphatic rings. The van der Waals surface area contributed by atoms with E-state index in [1.807, 2.05) is 0 Å². The molecule has 0 bridgehead atoms. The fraction of sp³-hybridized carbons (Fsp3) is 0.105. The van der Waals surface area contributed by atoms with E-state index in [1.54, 1.807) is 36.4 Å². The monoisotopic (exact) mass is 512 g/mol. The van der Waals surface area contributed by atoms with Gasteiger partial charge in [-0.2, -0.15) is 5.01 Å². The summed E-state index contributed by atoms with van der Waals surface area (Å²) in [7, 11) is 3.06. The van der Waals surface area contributed by atoms with Crippen molar-refractivity contribution in [3.05, 3.63) is 61.9 Å². The molecule has 0 atom stereocenters. The molecule has 0 aromatic heterocycles. The number of thiocarbonyl (C=S) groups is 1. The highest BCUT2D eigenvalue weighted by molar-refractivity contribution is 9.10. The molecule has 1 fully saturated rings. The second kappa shape index (κ2) is 9.17. The molecule has 2 aromatic rings. The molecule has 10 heteroatoms. The third-order valence-electron chi connectivity index (χ3n) is 3.85. The Kier molecular flexibility index (Phi) is 6.84. The highest BCUT2D eigenvalue weighted by Crippen LogP contribution is 2.38. The lowest BCUT2D eigenvalue weighted by Gasteiger charge is -2.15. The number of nitrogens with one attached hydrogen (secondary N) is 1. The quantitative estimate of drug-likeness (QED) is 0.463. The number of rotatable bonds is 5. The number of carbonyl (C=O) groups is 2. The zero-order chi connectivity index (χ0) is 21.1. The van der Waals surface area contributed by atoms with Crippen LogP contribution in [0.1, 0.15) is 15.9 Å². The Morgan fingerprint density at radius 2 is 2.03 bits per heavy atom. The number of hydrogen-bond donors (Lipinski definition) is 1. The van der Waals surface area contributed by atoms with Gasteiger partial charge in [-0.25, -0.2) is 0 Å². The van der Waals surface area contributed by atoms with E-state index in [9.17, 15) is 9.59 Å². The van der Waals surface area contributed by atoms with Gasteiger partial charge in [0.25, 0.3) is 11.8 Å². The van der Waals surface area contributed by atoms with Crippen molar-refractivity contribution in [3.63, 3.8) is 0 Å². The molecule has 1 heterocycles. The predicted octanol–water partition coefficient (Wildman–Crippen LogP) is 4.67. The Hall–Kier alpha value is -2.07. The fourth-order valence-corrected chi connectivity index (χ4v) is 4.52. The van der Waals surface area contributed by atoms with E-state index in [0.29, 0.717) is 37.0 Å². The van der Waals surface area contributed by atoms with Crippen LogP contribution in [0.3, 0.4) is 0 Å². The minimum absolute atomic E-state index is 0.219. The first-order valence-electron chi connectivity index (χ1n) is 8.10. The van der Waals surface area contributed by atoms with Gasteiger partial charge >= 0.3 is 0 Å². The molecule has 0 radical (unpaired) electrons. The summed E-state index contributed by atoms with van der Waals surface area (Å²) in [5, 5.41) is 1.46. The number of methoxy groups -OCH3 is 2.